The lowest BCUT2D eigenvalue weighted by molar-refractivity contribution is 0.530. The second-order valence-corrected chi connectivity index (χ2v) is 6.09. The summed E-state index contributed by atoms with van der Waals surface area (Å²) in [4.78, 5) is 0.384. The van der Waals surface area contributed by atoms with Crippen molar-refractivity contribution >= 4 is 10.0 Å². The van der Waals surface area contributed by atoms with Crippen LogP contribution in [0.1, 0.15) is 37.8 Å². The van der Waals surface area contributed by atoms with E-state index in [1.807, 2.05) is 39.8 Å². The number of hydrogen-bond acceptors (Lipinski definition) is 2. The lowest BCUT2D eigenvalue weighted by atomic mass is 10.2. The van der Waals surface area contributed by atoms with Crippen LogP contribution in [0.3, 0.4) is 0 Å². The molecule has 0 fully saturated rings. The average molecular weight is 255 g/mol. The molecule has 0 aliphatic heterocycles. The van der Waals surface area contributed by atoms with Crippen molar-refractivity contribution in [2.75, 3.05) is 0 Å². The Bertz CT molecular complexity index is 476. The second-order valence-electron chi connectivity index (χ2n) is 4.40. The van der Waals surface area contributed by atoms with Crippen LogP contribution in [0.2, 0.25) is 0 Å². The molecule has 4 heteroatoms. The van der Waals surface area contributed by atoms with E-state index in [2.05, 4.69) is 4.72 Å². The molecule has 1 rings (SSSR count). The van der Waals surface area contributed by atoms with Gasteiger partial charge in [-0.25, -0.2) is 13.1 Å². The zero-order valence-electron chi connectivity index (χ0n) is 10.9. The molecule has 0 atom stereocenters. The molecule has 1 N–H and O–H groups in total. The molecule has 0 saturated heterocycles. The van der Waals surface area contributed by atoms with E-state index in [0.717, 1.165) is 24.0 Å². The van der Waals surface area contributed by atoms with Crippen molar-refractivity contribution in [3.8, 4) is 0 Å². The molecule has 0 bridgehead atoms. The van der Waals surface area contributed by atoms with Crippen molar-refractivity contribution in [1.82, 2.24) is 4.72 Å². The smallest absolute Gasteiger partial charge is 0.208 e. The molecule has 96 valence electrons. The molecule has 0 amide bonds. The molecule has 0 spiro atoms. The molecular weight excluding hydrogens is 234 g/mol. The highest BCUT2D eigenvalue weighted by Gasteiger charge is 2.19. The summed E-state index contributed by atoms with van der Waals surface area (Å²) in [7, 11) is -3.38. The third-order valence-electron chi connectivity index (χ3n) is 2.93. The normalized spacial score (nSPS) is 12.1. The van der Waals surface area contributed by atoms with E-state index in [0.29, 0.717) is 4.90 Å². The molecule has 0 aromatic heterocycles. The van der Waals surface area contributed by atoms with Gasteiger partial charge in [0.2, 0.25) is 10.0 Å². The molecule has 17 heavy (non-hydrogen) atoms. The van der Waals surface area contributed by atoms with Crippen molar-refractivity contribution in [3.63, 3.8) is 0 Å². The van der Waals surface area contributed by atoms with Crippen LogP contribution in [-0.4, -0.2) is 14.5 Å². The fraction of sp³-hybridized carbons (Fsp3) is 0.538. The summed E-state index contributed by atoms with van der Waals surface area (Å²) >= 11 is 0. The molecule has 0 aliphatic carbocycles. The minimum absolute atomic E-state index is 0.0145. The van der Waals surface area contributed by atoms with Crippen LogP contribution in [0, 0.1) is 13.8 Å². The summed E-state index contributed by atoms with van der Waals surface area (Å²) in [5.41, 5.74) is 1.87. The fourth-order valence-electron chi connectivity index (χ4n) is 1.84. The maximum atomic E-state index is 12.2. The zero-order chi connectivity index (χ0) is 13.1. The Hall–Kier alpha value is -0.870. The van der Waals surface area contributed by atoms with Crippen LogP contribution in [0.4, 0.5) is 0 Å². The van der Waals surface area contributed by atoms with Crippen molar-refractivity contribution < 1.29 is 8.42 Å². The predicted octanol–water partition coefficient (Wildman–Crippen LogP) is 2.77. The molecular formula is C13H21NO2S. The van der Waals surface area contributed by atoms with Gasteiger partial charge in [-0.2, -0.15) is 0 Å². The van der Waals surface area contributed by atoms with Crippen molar-refractivity contribution in [3.05, 3.63) is 29.3 Å². The number of nitrogens with one attached hydrogen (secondary N) is 1. The van der Waals surface area contributed by atoms with Gasteiger partial charge in [-0.1, -0.05) is 31.5 Å². The molecule has 3 nitrogen and oxygen atoms in total. The van der Waals surface area contributed by atoms with E-state index in [-0.39, 0.29) is 6.04 Å². The van der Waals surface area contributed by atoms with E-state index >= 15 is 0 Å². The molecule has 0 saturated carbocycles. The van der Waals surface area contributed by atoms with Crippen molar-refractivity contribution in [2.45, 2.75) is 51.5 Å². The minimum Gasteiger partial charge on any atom is -0.208 e. The third-order valence-corrected chi connectivity index (χ3v) is 4.61. The Morgan fingerprint density at radius 3 is 2.24 bits per heavy atom. The topological polar surface area (TPSA) is 46.2 Å². The van der Waals surface area contributed by atoms with E-state index in [1.54, 1.807) is 6.07 Å². The highest BCUT2D eigenvalue weighted by Crippen LogP contribution is 2.17. The summed E-state index contributed by atoms with van der Waals surface area (Å²) in [6.45, 7) is 7.75. The summed E-state index contributed by atoms with van der Waals surface area (Å²) in [5, 5.41) is 0. The monoisotopic (exact) mass is 255 g/mol. The van der Waals surface area contributed by atoms with Crippen molar-refractivity contribution in [1.29, 1.82) is 0 Å². The number of benzene rings is 1. The van der Waals surface area contributed by atoms with Crippen LogP contribution in [-0.2, 0) is 10.0 Å². The van der Waals surface area contributed by atoms with Gasteiger partial charge >= 0.3 is 0 Å². The number of aryl methyl sites for hydroxylation is 2. The summed E-state index contributed by atoms with van der Waals surface area (Å²) < 4.78 is 27.1. The fourth-order valence-corrected chi connectivity index (χ4v) is 3.47. The summed E-state index contributed by atoms with van der Waals surface area (Å²) in [5.74, 6) is 0. The molecule has 1 aromatic carbocycles. The summed E-state index contributed by atoms with van der Waals surface area (Å²) in [6, 6.07) is 5.41. The van der Waals surface area contributed by atoms with E-state index in [9.17, 15) is 8.42 Å². The van der Waals surface area contributed by atoms with Crippen molar-refractivity contribution in [2.24, 2.45) is 0 Å². The van der Waals surface area contributed by atoms with Gasteiger partial charge < -0.3 is 0 Å². The summed E-state index contributed by atoms with van der Waals surface area (Å²) in [6.07, 6.45) is 1.61. The standard InChI is InChI=1S/C13H21NO2S/c1-5-12(6-2)14-17(15,16)13-8-7-10(3)9-11(13)4/h7-9,12,14H,5-6H2,1-4H3. The maximum absolute atomic E-state index is 12.2. The lowest BCUT2D eigenvalue weighted by Gasteiger charge is -2.16. The quantitative estimate of drug-likeness (QED) is 0.879. The highest BCUT2D eigenvalue weighted by atomic mass is 32.2. The highest BCUT2D eigenvalue weighted by molar-refractivity contribution is 7.89. The van der Waals surface area contributed by atoms with Crippen LogP contribution >= 0.6 is 0 Å². The molecule has 0 radical (unpaired) electrons. The Balaban J connectivity index is 3.05. The first kappa shape index (κ1) is 14.2. The Kier molecular flexibility index (Phi) is 4.71. The number of rotatable bonds is 5. The van der Waals surface area contributed by atoms with Gasteiger partial charge in [-0.05, 0) is 38.3 Å². The predicted molar refractivity (Wildman–Crippen MR) is 70.6 cm³/mol. The Labute approximate surface area is 104 Å². The van der Waals surface area contributed by atoms with Gasteiger partial charge in [-0.3, -0.25) is 0 Å². The third kappa shape index (κ3) is 3.54. The minimum atomic E-state index is -3.38. The first-order valence-corrected chi connectivity index (χ1v) is 7.48. The Morgan fingerprint density at radius 1 is 1.18 bits per heavy atom. The largest absolute Gasteiger partial charge is 0.241 e. The van der Waals surface area contributed by atoms with E-state index < -0.39 is 10.0 Å². The average Bonchev–Trinajstić information content (AvgIpc) is 2.25. The Morgan fingerprint density at radius 2 is 1.76 bits per heavy atom. The van der Waals surface area contributed by atoms with Gasteiger partial charge in [0.25, 0.3) is 0 Å². The van der Waals surface area contributed by atoms with Crippen LogP contribution in [0.25, 0.3) is 0 Å². The van der Waals surface area contributed by atoms with E-state index in [1.165, 1.54) is 0 Å². The molecule has 0 unspecified atom stereocenters. The molecule has 0 aliphatic rings. The molecule has 0 heterocycles. The van der Waals surface area contributed by atoms with Gasteiger partial charge in [0.05, 0.1) is 4.90 Å². The van der Waals surface area contributed by atoms with E-state index in [4.69, 9.17) is 0 Å². The van der Waals surface area contributed by atoms with Crippen LogP contribution < -0.4 is 4.72 Å². The number of hydrogen-bond donors (Lipinski definition) is 1. The van der Waals surface area contributed by atoms with Gasteiger partial charge in [0, 0.05) is 6.04 Å². The first-order chi connectivity index (χ1) is 7.90. The molecule has 1 aromatic rings. The lowest BCUT2D eigenvalue weighted by Crippen LogP contribution is -2.34. The SMILES string of the molecule is CCC(CC)NS(=O)(=O)c1ccc(C)cc1C. The van der Waals surface area contributed by atoms with Gasteiger partial charge in [0.15, 0.2) is 0 Å². The second kappa shape index (κ2) is 5.65. The van der Waals surface area contributed by atoms with Crippen LogP contribution in [0.5, 0.6) is 0 Å². The first-order valence-electron chi connectivity index (χ1n) is 6.00. The zero-order valence-corrected chi connectivity index (χ0v) is 11.8. The van der Waals surface area contributed by atoms with Crippen LogP contribution in [0.15, 0.2) is 23.1 Å². The van der Waals surface area contributed by atoms with Gasteiger partial charge in [-0.15, -0.1) is 0 Å². The maximum Gasteiger partial charge on any atom is 0.241 e. The van der Waals surface area contributed by atoms with Gasteiger partial charge in [0.1, 0.15) is 0 Å². The number of sulfonamides is 1.